The van der Waals surface area contributed by atoms with Crippen molar-refractivity contribution in [3.63, 3.8) is 0 Å². The van der Waals surface area contributed by atoms with Crippen LogP contribution in [0.4, 0.5) is 13.2 Å². The number of nitrogens with zero attached hydrogens (tertiary/aromatic N) is 2. The van der Waals surface area contributed by atoms with E-state index < -0.39 is 27.7 Å². The van der Waals surface area contributed by atoms with Crippen LogP contribution in [0.5, 0.6) is 0 Å². The summed E-state index contributed by atoms with van der Waals surface area (Å²) in [6.07, 6.45) is -3.82. The van der Waals surface area contributed by atoms with Crippen LogP contribution in [0.25, 0.3) is 16.9 Å². The number of aromatic carboxylic acids is 1. The van der Waals surface area contributed by atoms with Crippen molar-refractivity contribution in [1.82, 2.24) is 9.78 Å². The summed E-state index contributed by atoms with van der Waals surface area (Å²) in [5, 5.41) is 13.2. The fraction of sp³-hybridized carbons (Fsp3) is 0.200. The summed E-state index contributed by atoms with van der Waals surface area (Å²) in [5.41, 5.74) is -0.644. The Bertz CT molecular complexity index is 1250. The van der Waals surface area contributed by atoms with Gasteiger partial charge in [0.2, 0.25) is 0 Å². The highest BCUT2D eigenvalue weighted by atomic mass is 35.5. The summed E-state index contributed by atoms with van der Waals surface area (Å²) in [5.74, 6) is -1.58. The maximum Gasteiger partial charge on any atom is 0.435 e. The third-order valence-electron chi connectivity index (χ3n) is 4.45. The van der Waals surface area contributed by atoms with Crippen LogP contribution in [0.2, 0.25) is 5.02 Å². The molecule has 0 aliphatic heterocycles. The fourth-order valence-electron chi connectivity index (χ4n) is 3.00. The summed E-state index contributed by atoms with van der Waals surface area (Å²) in [6.45, 7) is 0. The molecule has 1 aromatic heterocycles. The number of carboxylic acids is 1. The second-order valence-corrected chi connectivity index (χ2v) is 9.50. The number of para-hydroxylation sites is 1. The molecular formula is C20H16ClF3N2O4S. The fourth-order valence-corrected chi connectivity index (χ4v) is 3.80. The van der Waals surface area contributed by atoms with Gasteiger partial charge in [-0.05, 0) is 42.3 Å². The van der Waals surface area contributed by atoms with Crippen LogP contribution in [0.3, 0.4) is 0 Å². The van der Waals surface area contributed by atoms with Crippen LogP contribution in [-0.4, -0.2) is 41.3 Å². The van der Waals surface area contributed by atoms with E-state index in [0.717, 1.165) is 17.0 Å². The van der Waals surface area contributed by atoms with Crippen LogP contribution in [0, 0.1) is 0 Å². The predicted octanol–water partition coefficient (Wildman–Crippen LogP) is 4.50. The minimum absolute atomic E-state index is 0.0259. The van der Waals surface area contributed by atoms with Crippen molar-refractivity contribution in [3.05, 3.63) is 70.4 Å². The van der Waals surface area contributed by atoms with Gasteiger partial charge >= 0.3 is 12.1 Å². The second kappa shape index (κ2) is 8.35. The molecule has 0 aliphatic rings. The van der Waals surface area contributed by atoms with Gasteiger partial charge in [0.05, 0.1) is 27.7 Å². The summed E-state index contributed by atoms with van der Waals surface area (Å²) in [4.78, 5) is 11.5. The van der Waals surface area contributed by atoms with E-state index in [9.17, 15) is 31.5 Å². The van der Waals surface area contributed by atoms with Crippen molar-refractivity contribution in [2.75, 3.05) is 12.0 Å². The lowest BCUT2D eigenvalue weighted by molar-refractivity contribution is -0.141. The average molecular weight is 473 g/mol. The molecule has 0 spiro atoms. The van der Waals surface area contributed by atoms with Gasteiger partial charge < -0.3 is 5.11 Å². The molecule has 0 saturated carbocycles. The number of benzene rings is 2. The highest BCUT2D eigenvalue weighted by Gasteiger charge is 2.35. The topological polar surface area (TPSA) is 89.3 Å². The molecule has 3 rings (SSSR count). The molecular weight excluding hydrogens is 457 g/mol. The maximum atomic E-state index is 13.4. The Hall–Kier alpha value is -2.85. The van der Waals surface area contributed by atoms with Gasteiger partial charge in [0.25, 0.3) is 0 Å². The zero-order valence-corrected chi connectivity index (χ0v) is 17.6. The largest absolute Gasteiger partial charge is 0.478 e. The summed E-state index contributed by atoms with van der Waals surface area (Å²) >= 11 is 6.15. The standard InChI is InChI=1S/C20H16ClF3N2O4S/c1-31(29,30)9-8-12-10-13(6-7-14(12)19(27)28)17-11-18(20(22,23)24)25-26(17)16-5-3-2-4-15(16)21/h2-7,10-11H,8-9H2,1H3,(H,27,28). The van der Waals surface area contributed by atoms with Gasteiger partial charge in [0.15, 0.2) is 5.69 Å². The summed E-state index contributed by atoms with van der Waals surface area (Å²) in [6, 6.07) is 11.0. The minimum Gasteiger partial charge on any atom is -0.478 e. The van der Waals surface area contributed by atoms with Gasteiger partial charge in [-0.3, -0.25) is 0 Å². The first kappa shape index (κ1) is 22.8. The SMILES string of the molecule is CS(=O)(=O)CCc1cc(-c2cc(C(F)(F)F)nn2-c2ccccc2Cl)ccc1C(=O)O. The number of hydrogen-bond donors (Lipinski definition) is 1. The minimum atomic E-state index is -4.72. The molecule has 31 heavy (non-hydrogen) atoms. The van der Waals surface area contributed by atoms with Crippen LogP contribution in [0.15, 0.2) is 48.5 Å². The molecule has 6 nitrogen and oxygen atoms in total. The first-order valence-corrected chi connectivity index (χ1v) is 11.3. The molecule has 2 aromatic carbocycles. The number of carbonyl (C=O) groups is 1. The smallest absolute Gasteiger partial charge is 0.435 e. The Morgan fingerprint density at radius 1 is 1.16 bits per heavy atom. The monoisotopic (exact) mass is 472 g/mol. The molecule has 0 amide bonds. The van der Waals surface area contributed by atoms with Gasteiger partial charge in [-0.15, -0.1) is 0 Å². The van der Waals surface area contributed by atoms with Crippen molar-refractivity contribution in [2.45, 2.75) is 12.6 Å². The van der Waals surface area contributed by atoms with Crippen LogP contribution < -0.4 is 0 Å². The lowest BCUT2D eigenvalue weighted by atomic mass is 10.00. The predicted molar refractivity (Wildman–Crippen MR) is 109 cm³/mol. The van der Waals surface area contributed by atoms with E-state index >= 15 is 0 Å². The van der Waals surface area contributed by atoms with Gasteiger partial charge in [-0.1, -0.05) is 29.8 Å². The molecule has 1 heterocycles. The molecule has 164 valence electrons. The molecule has 0 aliphatic carbocycles. The first-order chi connectivity index (χ1) is 14.4. The molecule has 3 aromatic rings. The number of rotatable bonds is 6. The highest BCUT2D eigenvalue weighted by molar-refractivity contribution is 7.90. The second-order valence-electron chi connectivity index (χ2n) is 6.83. The van der Waals surface area contributed by atoms with Crippen molar-refractivity contribution >= 4 is 27.4 Å². The molecule has 0 fully saturated rings. The first-order valence-electron chi connectivity index (χ1n) is 8.83. The van der Waals surface area contributed by atoms with Crippen molar-refractivity contribution in [1.29, 1.82) is 0 Å². The Balaban J connectivity index is 2.21. The molecule has 0 unspecified atom stereocenters. The van der Waals surface area contributed by atoms with Crippen molar-refractivity contribution in [3.8, 4) is 16.9 Å². The Labute approximate surface area is 180 Å². The average Bonchev–Trinajstić information content (AvgIpc) is 3.11. The number of hydrogen-bond acceptors (Lipinski definition) is 4. The molecule has 11 heteroatoms. The van der Waals surface area contributed by atoms with Crippen molar-refractivity contribution < 1.29 is 31.5 Å². The van der Waals surface area contributed by atoms with Crippen molar-refractivity contribution in [2.24, 2.45) is 0 Å². The zero-order chi connectivity index (χ0) is 23.0. The van der Waals surface area contributed by atoms with Crippen LogP contribution in [0.1, 0.15) is 21.6 Å². The lowest BCUT2D eigenvalue weighted by Crippen LogP contribution is -2.10. The van der Waals surface area contributed by atoms with Crippen LogP contribution in [-0.2, 0) is 22.4 Å². The van der Waals surface area contributed by atoms with Gasteiger partial charge in [0.1, 0.15) is 9.84 Å². The van der Waals surface area contributed by atoms with Gasteiger partial charge in [0, 0.05) is 11.8 Å². The molecule has 0 radical (unpaired) electrons. The van der Waals surface area contributed by atoms with E-state index in [1.807, 2.05) is 0 Å². The maximum absolute atomic E-state index is 13.4. The molecule has 0 atom stereocenters. The molecule has 1 N–H and O–H groups in total. The van der Waals surface area contributed by atoms with E-state index in [4.69, 9.17) is 11.6 Å². The van der Waals surface area contributed by atoms with Crippen LogP contribution >= 0.6 is 11.6 Å². The molecule has 0 saturated heterocycles. The number of aromatic nitrogens is 2. The lowest BCUT2D eigenvalue weighted by Gasteiger charge is -2.12. The zero-order valence-electron chi connectivity index (χ0n) is 16.0. The quantitative estimate of drug-likeness (QED) is 0.570. The van der Waals surface area contributed by atoms with E-state index in [1.54, 1.807) is 12.1 Å². The van der Waals surface area contributed by atoms with E-state index in [2.05, 4.69) is 5.10 Å². The molecule has 0 bridgehead atoms. The number of halogens is 4. The van der Waals surface area contributed by atoms with Gasteiger partial charge in [-0.25, -0.2) is 17.9 Å². The third-order valence-corrected chi connectivity index (χ3v) is 5.72. The Morgan fingerprint density at radius 2 is 1.84 bits per heavy atom. The number of sulfone groups is 1. The Morgan fingerprint density at radius 3 is 2.42 bits per heavy atom. The number of alkyl halides is 3. The number of aryl methyl sites for hydroxylation is 1. The summed E-state index contributed by atoms with van der Waals surface area (Å²) in [7, 11) is -3.39. The number of carboxylic acid groups (broad SMARTS) is 1. The van der Waals surface area contributed by atoms with E-state index in [1.165, 1.54) is 30.3 Å². The Kier molecular flexibility index (Phi) is 6.15. The third kappa shape index (κ3) is 5.26. The normalized spacial score (nSPS) is 12.2. The van der Waals surface area contributed by atoms with E-state index in [-0.39, 0.29) is 45.3 Å². The highest BCUT2D eigenvalue weighted by Crippen LogP contribution is 2.35. The van der Waals surface area contributed by atoms with Gasteiger partial charge in [-0.2, -0.15) is 18.3 Å². The van der Waals surface area contributed by atoms with E-state index in [0.29, 0.717) is 0 Å². The summed E-state index contributed by atoms with van der Waals surface area (Å²) < 4.78 is 64.2.